The molecule has 6 heteroatoms. The Bertz CT molecular complexity index is 500. The third-order valence-corrected chi connectivity index (χ3v) is 3.65. The molecule has 3 rings (SSSR count). The topological polar surface area (TPSA) is 68.8 Å². The fraction of sp³-hybridized carbons (Fsp3) is 0.533. The van der Waals surface area contributed by atoms with Gasteiger partial charge in [0.25, 0.3) is 0 Å². The van der Waals surface area contributed by atoms with Crippen LogP contribution in [0.15, 0.2) is 18.2 Å². The van der Waals surface area contributed by atoms with Crippen molar-refractivity contribution in [3.8, 4) is 11.5 Å². The second-order valence-electron chi connectivity index (χ2n) is 5.21. The number of carbonyl (C=O) groups excluding carboxylic acids is 1. The second kappa shape index (κ2) is 6.67. The van der Waals surface area contributed by atoms with Crippen molar-refractivity contribution in [3.05, 3.63) is 23.8 Å². The van der Waals surface area contributed by atoms with Gasteiger partial charge in [0, 0.05) is 19.7 Å². The number of hydrogen-bond acceptors (Lipinski definition) is 4. The molecule has 1 fully saturated rings. The third kappa shape index (κ3) is 3.78. The lowest BCUT2D eigenvalue weighted by molar-refractivity contribution is 0.111. The summed E-state index contributed by atoms with van der Waals surface area (Å²) >= 11 is 0. The van der Waals surface area contributed by atoms with Crippen LogP contribution in [0, 0.1) is 0 Å². The Morgan fingerprint density at radius 1 is 1.24 bits per heavy atom. The van der Waals surface area contributed by atoms with Gasteiger partial charge in [0.2, 0.25) is 6.79 Å². The second-order valence-corrected chi connectivity index (χ2v) is 5.21. The number of hydrogen-bond donors (Lipinski definition) is 2. The van der Waals surface area contributed by atoms with Crippen LogP contribution in [0.3, 0.4) is 0 Å². The third-order valence-electron chi connectivity index (χ3n) is 3.65. The zero-order valence-corrected chi connectivity index (χ0v) is 11.9. The highest BCUT2D eigenvalue weighted by atomic mass is 16.7. The number of rotatable bonds is 5. The zero-order valence-electron chi connectivity index (χ0n) is 11.9. The van der Waals surface area contributed by atoms with Crippen LogP contribution in [-0.4, -0.2) is 38.6 Å². The Kier molecular flexibility index (Phi) is 4.45. The first-order valence-electron chi connectivity index (χ1n) is 7.33. The molecule has 0 saturated carbocycles. The van der Waals surface area contributed by atoms with Gasteiger partial charge >= 0.3 is 6.03 Å². The molecule has 0 spiro atoms. The molecule has 0 aliphatic carbocycles. The van der Waals surface area contributed by atoms with Gasteiger partial charge in [-0.05, 0) is 37.0 Å². The summed E-state index contributed by atoms with van der Waals surface area (Å²) in [5, 5.41) is 5.68. The van der Waals surface area contributed by atoms with Crippen molar-refractivity contribution in [3.63, 3.8) is 0 Å². The molecule has 1 aromatic carbocycles. The normalized spacial score (nSPS) is 19.5. The van der Waals surface area contributed by atoms with Crippen LogP contribution in [-0.2, 0) is 11.2 Å². The van der Waals surface area contributed by atoms with Crippen LogP contribution in [0.1, 0.15) is 18.4 Å². The van der Waals surface area contributed by atoms with E-state index in [1.54, 1.807) is 0 Å². The van der Waals surface area contributed by atoms with Gasteiger partial charge in [-0.15, -0.1) is 0 Å². The highest BCUT2D eigenvalue weighted by Gasteiger charge is 2.16. The van der Waals surface area contributed by atoms with E-state index in [9.17, 15) is 4.79 Å². The average Bonchev–Trinajstić information content (AvgIpc) is 3.16. The Morgan fingerprint density at radius 3 is 3.00 bits per heavy atom. The van der Waals surface area contributed by atoms with Crippen LogP contribution in [0.5, 0.6) is 11.5 Å². The fourth-order valence-electron chi connectivity index (χ4n) is 2.49. The van der Waals surface area contributed by atoms with Gasteiger partial charge in [0.1, 0.15) is 0 Å². The van der Waals surface area contributed by atoms with E-state index >= 15 is 0 Å². The summed E-state index contributed by atoms with van der Waals surface area (Å²) in [6.07, 6.45) is 3.03. The van der Waals surface area contributed by atoms with Crippen LogP contribution >= 0.6 is 0 Å². The predicted molar refractivity (Wildman–Crippen MR) is 76.6 cm³/mol. The van der Waals surface area contributed by atoms with E-state index in [4.69, 9.17) is 14.2 Å². The molecule has 21 heavy (non-hydrogen) atoms. The van der Waals surface area contributed by atoms with E-state index in [-0.39, 0.29) is 18.9 Å². The van der Waals surface area contributed by atoms with Crippen molar-refractivity contribution in [1.82, 2.24) is 10.6 Å². The van der Waals surface area contributed by atoms with Crippen molar-refractivity contribution in [2.45, 2.75) is 25.4 Å². The van der Waals surface area contributed by atoms with E-state index in [1.807, 2.05) is 18.2 Å². The number of ether oxygens (including phenoxy) is 3. The summed E-state index contributed by atoms with van der Waals surface area (Å²) in [6, 6.07) is 5.69. The van der Waals surface area contributed by atoms with Gasteiger partial charge in [-0.25, -0.2) is 4.79 Å². The lowest BCUT2D eigenvalue weighted by atomic mass is 10.1. The maximum absolute atomic E-state index is 11.7. The Morgan fingerprint density at radius 2 is 2.14 bits per heavy atom. The van der Waals surface area contributed by atoms with E-state index in [1.165, 1.54) is 0 Å². The van der Waals surface area contributed by atoms with Crippen LogP contribution < -0.4 is 20.1 Å². The first-order chi connectivity index (χ1) is 10.3. The maximum atomic E-state index is 11.7. The minimum Gasteiger partial charge on any atom is -0.454 e. The molecule has 6 nitrogen and oxygen atoms in total. The number of carbonyl (C=O) groups is 1. The molecule has 2 aliphatic heterocycles. The standard InChI is InChI=1S/C15H20N2O4/c18-15(17-9-12-2-1-7-19-12)16-6-5-11-3-4-13-14(8-11)21-10-20-13/h3-4,8,12H,1-2,5-7,9-10H2,(H2,16,17,18)/t12-/m1/s1. The zero-order chi connectivity index (χ0) is 14.5. The molecule has 2 heterocycles. The largest absolute Gasteiger partial charge is 0.454 e. The molecule has 1 aromatic rings. The van der Waals surface area contributed by atoms with Crippen LogP contribution in [0.25, 0.3) is 0 Å². The van der Waals surface area contributed by atoms with Crippen molar-refractivity contribution >= 4 is 6.03 Å². The number of nitrogens with one attached hydrogen (secondary N) is 2. The molecule has 0 bridgehead atoms. The van der Waals surface area contributed by atoms with E-state index in [0.717, 1.165) is 42.9 Å². The molecule has 0 radical (unpaired) electrons. The molecule has 0 aromatic heterocycles. The van der Waals surface area contributed by atoms with Crippen molar-refractivity contribution in [1.29, 1.82) is 0 Å². The quantitative estimate of drug-likeness (QED) is 0.861. The summed E-state index contributed by atoms with van der Waals surface area (Å²) in [4.78, 5) is 11.7. The molecule has 114 valence electrons. The summed E-state index contributed by atoms with van der Waals surface area (Å²) in [5.74, 6) is 1.55. The van der Waals surface area contributed by atoms with E-state index in [0.29, 0.717) is 13.1 Å². The van der Waals surface area contributed by atoms with Crippen LogP contribution in [0.4, 0.5) is 4.79 Å². The fourth-order valence-corrected chi connectivity index (χ4v) is 2.49. The summed E-state index contributed by atoms with van der Waals surface area (Å²) < 4.78 is 16.0. The van der Waals surface area contributed by atoms with Gasteiger partial charge in [-0.1, -0.05) is 6.07 Å². The SMILES string of the molecule is O=C(NCCc1ccc2c(c1)OCO2)NC[C@H]1CCCO1. The Labute approximate surface area is 123 Å². The number of urea groups is 1. The monoisotopic (exact) mass is 292 g/mol. The number of benzene rings is 1. The predicted octanol–water partition coefficient (Wildman–Crippen LogP) is 1.44. The van der Waals surface area contributed by atoms with Crippen molar-refractivity contribution < 1.29 is 19.0 Å². The van der Waals surface area contributed by atoms with Gasteiger partial charge in [-0.2, -0.15) is 0 Å². The van der Waals surface area contributed by atoms with Gasteiger partial charge in [0.05, 0.1) is 6.10 Å². The van der Waals surface area contributed by atoms with Crippen LogP contribution in [0.2, 0.25) is 0 Å². The molecule has 0 unspecified atom stereocenters. The minimum atomic E-state index is -0.147. The summed E-state index contributed by atoms with van der Waals surface area (Å²) in [5.41, 5.74) is 1.11. The van der Waals surface area contributed by atoms with Gasteiger partial charge < -0.3 is 24.8 Å². The highest BCUT2D eigenvalue weighted by molar-refractivity contribution is 5.73. The van der Waals surface area contributed by atoms with Gasteiger partial charge in [-0.3, -0.25) is 0 Å². The van der Waals surface area contributed by atoms with Crippen molar-refractivity contribution in [2.24, 2.45) is 0 Å². The Balaban J connectivity index is 1.36. The minimum absolute atomic E-state index is 0.147. The summed E-state index contributed by atoms with van der Waals surface area (Å²) in [7, 11) is 0. The first-order valence-corrected chi connectivity index (χ1v) is 7.33. The Hall–Kier alpha value is -1.95. The molecule has 1 saturated heterocycles. The molecule has 2 aliphatic rings. The maximum Gasteiger partial charge on any atom is 0.314 e. The van der Waals surface area contributed by atoms with E-state index in [2.05, 4.69) is 10.6 Å². The summed E-state index contributed by atoms with van der Waals surface area (Å²) in [6.45, 7) is 2.24. The number of amides is 2. The lowest BCUT2D eigenvalue weighted by Gasteiger charge is -2.11. The molecule has 1 atom stereocenters. The van der Waals surface area contributed by atoms with Gasteiger partial charge in [0.15, 0.2) is 11.5 Å². The lowest BCUT2D eigenvalue weighted by Crippen LogP contribution is -2.40. The van der Waals surface area contributed by atoms with Crippen molar-refractivity contribution in [2.75, 3.05) is 26.5 Å². The average molecular weight is 292 g/mol. The number of fused-ring (bicyclic) bond motifs is 1. The van der Waals surface area contributed by atoms with E-state index < -0.39 is 0 Å². The molecular weight excluding hydrogens is 272 g/mol. The smallest absolute Gasteiger partial charge is 0.314 e. The molecule has 2 amide bonds. The molecule has 2 N–H and O–H groups in total. The highest BCUT2D eigenvalue weighted by Crippen LogP contribution is 2.32. The first kappa shape index (κ1) is 14.0. The molecular formula is C15H20N2O4.